The summed E-state index contributed by atoms with van der Waals surface area (Å²) in [5, 5.41) is 8.88. The summed E-state index contributed by atoms with van der Waals surface area (Å²) >= 11 is 0. The van der Waals surface area contributed by atoms with Crippen molar-refractivity contribution < 1.29 is 28.2 Å². The van der Waals surface area contributed by atoms with Crippen LogP contribution >= 0.6 is 0 Å². The van der Waals surface area contributed by atoms with Gasteiger partial charge in [0, 0.05) is 12.8 Å². The van der Waals surface area contributed by atoms with Gasteiger partial charge in [0.2, 0.25) is 5.92 Å². The Hall–Kier alpha value is -1.85. The fourth-order valence-corrected chi connectivity index (χ4v) is 2.31. The van der Waals surface area contributed by atoms with Gasteiger partial charge in [0.15, 0.2) is 11.5 Å². The zero-order valence-electron chi connectivity index (χ0n) is 11.1. The standard InChI is InChI=1S/C14H16F2O4/c1-19-12-6-10(13(17)18)2-3-11(12)20-8-9-4-5-14(15,16)7-9/h2-3,6,9H,4-5,7-8H2,1H3,(H,17,18). The molecule has 1 atom stereocenters. The topological polar surface area (TPSA) is 55.8 Å². The Kier molecular flexibility index (Phi) is 4.11. The molecule has 0 radical (unpaired) electrons. The molecule has 1 N–H and O–H groups in total. The van der Waals surface area contributed by atoms with Gasteiger partial charge in [-0.1, -0.05) is 0 Å². The van der Waals surface area contributed by atoms with Gasteiger partial charge in [-0.3, -0.25) is 0 Å². The average molecular weight is 286 g/mol. The van der Waals surface area contributed by atoms with Crippen LogP contribution in [0.15, 0.2) is 18.2 Å². The second kappa shape index (κ2) is 5.64. The van der Waals surface area contributed by atoms with Crippen LogP contribution in [0.25, 0.3) is 0 Å². The van der Waals surface area contributed by atoms with Crippen LogP contribution in [0.2, 0.25) is 0 Å². The molecule has 1 saturated carbocycles. The largest absolute Gasteiger partial charge is 0.493 e. The first kappa shape index (κ1) is 14.6. The molecule has 0 bridgehead atoms. The summed E-state index contributed by atoms with van der Waals surface area (Å²) < 4.78 is 36.7. The molecule has 1 aliphatic carbocycles. The number of halogens is 2. The molecule has 0 aromatic heterocycles. The van der Waals surface area contributed by atoms with Crippen LogP contribution < -0.4 is 9.47 Å². The molecule has 1 aliphatic rings. The first-order chi connectivity index (χ1) is 9.41. The van der Waals surface area contributed by atoms with Gasteiger partial charge in [-0.25, -0.2) is 13.6 Å². The van der Waals surface area contributed by atoms with Gasteiger partial charge in [0.1, 0.15) is 0 Å². The lowest BCUT2D eigenvalue weighted by molar-refractivity contribution is 0.00287. The maximum Gasteiger partial charge on any atom is 0.335 e. The molecular formula is C14H16F2O4. The number of hydrogen-bond donors (Lipinski definition) is 1. The van der Waals surface area contributed by atoms with E-state index in [9.17, 15) is 13.6 Å². The molecule has 20 heavy (non-hydrogen) atoms. The number of carboxylic acid groups (broad SMARTS) is 1. The van der Waals surface area contributed by atoms with Crippen LogP contribution in [0.1, 0.15) is 29.6 Å². The summed E-state index contributed by atoms with van der Waals surface area (Å²) in [6.45, 7) is 0.179. The van der Waals surface area contributed by atoms with Crippen molar-refractivity contribution in [1.82, 2.24) is 0 Å². The van der Waals surface area contributed by atoms with Crippen LogP contribution in [0.3, 0.4) is 0 Å². The molecule has 0 spiro atoms. The number of rotatable bonds is 5. The van der Waals surface area contributed by atoms with Gasteiger partial charge < -0.3 is 14.6 Å². The van der Waals surface area contributed by atoms with Gasteiger partial charge in [-0.15, -0.1) is 0 Å². The molecule has 1 unspecified atom stereocenters. The van der Waals surface area contributed by atoms with Gasteiger partial charge in [-0.2, -0.15) is 0 Å². The van der Waals surface area contributed by atoms with E-state index in [-0.39, 0.29) is 36.7 Å². The Balaban J connectivity index is 2.01. The van der Waals surface area contributed by atoms with Crippen molar-refractivity contribution >= 4 is 5.97 Å². The van der Waals surface area contributed by atoms with Gasteiger partial charge in [0.25, 0.3) is 0 Å². The SMILES string of the molecule is COc1cc(C(=O)O)ccc1OCC1CCC(F)(F)C1. The Morgan fingerprint density at radius 2 is 2.20 bits per heavy atom. The lowest BCUT2D eigenvalue weighted by Gasteiger charge is -2.14. The Morgan fingerprint density at radius 3 is 2.75 bits per heavy atom. The van der Waals surface area contributed by atoms with Crippen LogP contribution in [0.5, 0.6) is 11.5 Å². The maximum absolute atomic E-state index is 13.1. The number of carboxylic acids is 1. The van der Waals surface area contributed by atoms with E-state index in [1.54, 1.807) is 0 Å². The predicted octanol–water partition coefficient (Wildman–Crippen LogP) is 3.21. The summed E-state index contributed by atoms with van der Waals surface area (Å²) in [7, 11) is 1.40. The zero-order valence-corrected chi connectivity index (χ0v) is 11.1. The van der Waals surface area contributed by atoms with Gasteiger partial charge in [-0.05, 0) is 30.5 Å². The molecule has 1 aromatic carbocycles. The van der Waals surface area contributed by atoms with Crippen molar-refractivity contribution in [2.45, 2.75) is 25.2 Å². The minimum absolute atomic E-state index is 0.0848. The zero-order chi connectivity index (χ0) is 14.8. The first-order valence-corrected chi connectivity index (χ1v) is 6.33. The smallest absolute Gasteiger partial charge is 0.335 e. The number of carbonyl (C=O) groups is 1. The van der Waals surface area contributed by atoms with Crippen molar-refractivity contribution in [3.05, 3.63) is 23.8 Å². The van der Waals surface area contributed by atoms with E-state index < -0.39 is 11.9 Å². The number of hydrogen-bond acceptors (Lipinski definition) is 3. The van der Waals surface area contributed by atoms with Gasteiger partial charge in [0.05, 0.1) is 19.3 Å². The highest BCUT2D eigenvalue weighted by molar-refractivity contribution is 5.88. The lowest BCUT2D eigenvalue weighted by Crippen LogP contribution is -2.14. The Morgan fingerprint density at radius 1 is 1.45 bits per heavy atom. The molecule has 6 heteroatoms. The third-order valence-electron chi connectivity index (χ3n) is 3.39. The highest BCUT2D eigenvalue weighted by Crippen LogP contribution is 2.39. The number of benzene rings is 1. The predicted molar refractivity (Wildman–Crippen MR) is 67.7 cm³/mol. The van der Waals surface area contributed by atoms with E-state index in [0.717, 1.165) is 0 Å². The van der Waals surface area contributed by atoms with Crippen molar-refractivity contribution in [3.8, 4) is 11.5 Å². The molecule has 1 fully saturated rings. The van der Waals surface area contributed by atoms with Crippen molar-refractivity contribution in [2.24, 2.45) is 5.92 Å². The number of methoxy groups -OCH3 is 1. The van der Waals surface area contributed by atoms with E-state index in [4.69, 9.17) is 14.6 Å². The summed E-state index contributed by atoms with van der Waals surface area (Å²) in [4.78, 5) is 10.8. The van der Waals surface area contributed by atoms with Crippen molar-refractivity contribution in [3.63, 3.8) is 0 Å². The number of aromatic carboxylic acids is 1. The number of ether oxygens (including phenoxy) is 2. The van der Waals surface area contributed by atoms with Crippen molar-refractivity contribution in [2.75, 3.05) is 13.7 Å². The summed E-state index contributed by atoms with van der Waals surface area (Å²) in [5.41, 5.74) is 0.0848. The van der Waals surface area contributed by atoms with E-state index in [2.05, 4.69) is 0 Å². The minimum atomic E-state index is -2.59. The monoisotopic (exact) mass is 286 g/mol. The molecule has 0 aliphatic heterocycles. The Labute approximate surface area is 115 Å². The molecule has 110 valence electrons. The van der Waals surface area contributed by atoms with Crippen LogP contribution in [-0.2, 0) is 0 Å². The highest BCUT2D eigenvalue weighted by atomic mass is 19.3. The maximum atomic E-state index is 13.1. The summed E-state index contributed by atoms with van der Waals surface area (Å²) in [6, 6.07) is 4.22. The summed E-state index contributed by atoms with van der Waals surface area (Å²) in [6.07, 6.45) is 0.168. The third-order valence-corrected chi connectivity index (χ3v) is 3.39. The quantitative estimate of drug-likeness (QED) is 0.903. The van der Waals surface area contributed by atoms with Crippen LogP contribution in [0.4, 0.5) is 8.78 Å². The second-order valence-corrected chi connectivity index (χ2v) is 4.95. The summed E-state index contributed by atoms with van der Waals surface area (Å²) in [5.74, 6) is -3.19. The molecular weight excluding hydrogens is 270 g/mol. The van der Waals surface area contributed by atoms with E-state index in [1.807, 2.05) is 0 Å². The minimum Gasteiger partial charge on any atom is -0.493 e. The Bertz CT molecular complexity index is 502. The molecule has 0 saturated heterocycles. The number of alkyl halides is 2. The molecule has 1 aromatic rings. The third kappa shape index (κ3) is 3.37. The van der Waals surface area contributed by atoms with Gasteiger partial charge >= 0.3 is 5.97 Å². The fraction of sp³-hybridized carbons (Fsp3) is 0.500. The van der Waals surface area contributed by atoms with E-state index in [0.29, 0.717) is 12.2 Å². The van der Waals surface area contributed by atoms with Crippen molar-refractivity contribution in [1.29, 1.82) is 0 Å². The van der Waals surface area contributed by atoms with E-state index >= 15 is 0 Å². The highest BCUT2D eigenvalue weighted by Gasteiger charge is 2.39. The lowest BCUT2D eigenvalue weighted by atomic mass is 10.1. The average Bonchev–Trinajstić information content (AvgIpc) is 2.75. The first-order valence-electron chi connectivity index (χ1n) is 6.33. The van der Waals surface area contributed by atoms with E-state index in [1.165, 1.54) is 25.3 Å². The second-order valence-electron chi connectivity index (χ2n) is 4.95. The molecule has 0 heterocycles. The normalized spacial score (nSPS) is 20.6. The molecule has 2 rings (SSSR count). The van der Waals surface area contributed by atoms with Crippen LogP contribution in [0, 0.1) is 5.92 Å². The molecule has 4 nitrogen and oxygen atoms in total. The van der Waals surface area contributed by atoms with Crippen LogP contribution in [-0.4, -0.2) is 30.7 Å². The fourth-order valence-electron chi connectivity index (χ4n) is 2.31. The molecule has 0 amide bonds.